The summed E-state index contributed by atoms with van der Waals surface area (Å²) in [4.78, 5) is 13.0. The molecule has 0 bridgehead atoms. The summed E-state index contributed by atoms with van der Waals surface area (Å²) < 4.78 is 11.0. The Morgan fingerprint density at radius 2 is 2.04 bits per heavy atom. The first-order valence-electron chi connectivity index (χ1n) is 8.94. The molecule has 25 heavy (non-hydrogen) atoms. The molecule has 3 atom stereocenters. The van der Waals surface area contributed by atoms with E-state index < -0.39 is 0 Å². The van der Waals surface area contributed by atoms with E-state index >= 15 is 0 Å². The average molecular weight is 337 g/mol. The molecule has 1 saturated carbocycles. The van der Waals surface area contributed by atoms with Gasteiger partial charge in [-0.15, -0.1) is 0 Å². The van der Waals surface area contributed by atoms with Crippen molar-refractivity contribution < 1.29 is 14.3 Å². The number of rotatable bonds is 2. The Morgan fingerprint density at radius 1 is 1.24 bits per heavy atom. The van der Waals surface area contributed by atoms with E-state index in [1.807, 2.05) is 12.1 Å². The number of benzene rings is 1. The van der Waals surface area contributed by atoms with E-state index in [-0.39, 0.29) is 23.0 Å². The first-order valence-corrected chi connectivity index (χ1v) is 8.94. The molecule has 0 unspecified atom stereocenters. The molecule has 0 N–H and O–H groups in total. The van der Waals surface area contributed by atoms with Crippen molar-refractivity contribution in [2.24, 2.45) is 11.3 Å². The van der Waals surface area contributed by atoms with Gasteiger partial charge in [-0.05, 0) is 37.3 Å². The number of fused-ring (bicyclic) bond motifs is 4. The number of Topliss-reactive ketones (excluding diaryl/α,β-unsaturated/α-hetero) is 1. The van der Waals surface area contributed by atoms with Crippen LogP contribution in [0.5, 0.6) is 11.5 Å². The van der Waals surface area contributed by atoms with Crippen LogP contribution in [0.4, 0.5) is 0 Å². The summed E-state index contributed by atoms with van der Waals surface area (Å²) in [6, 6.07) is 6.37. The molecule has 130 valence electrons. The van der Waals surface area contributed by atoms with Crippen molar-refractivity contribution in [1.82, 2.24) is 0 Å². The first kappa shape index (κ1) is 16.2. The second kappa shape index (κ2) is 5.62. The number of methoxy groups -OCH3 is 2. The van der Waals surface area contributed by atoms with E-state index in [4.69, 9.17) is 9.47 Å². The van der Waals surface area contributed by atoms with Crippen molar-refractivity contribution >= 4 is 5.78 Å². The molecule has 0 aromatic heterocycles. The average Bonchev–Trinajstić information content (AvgIpc) is 2.96. The fourth-order valence-corrected chi connectivity index (χ4v) is 5.28. The predicted octanol–water partition coefficient (Wildman–Crippen LogP) is 3.94. The van der Waals surface area contributed by atoms with Crippen LogP contribution in [0.3, 0.4) is 0 Å². The highest BCUT2D eigenvalue weighted by Gasteiger charge is 2.50. The molecule has 0 heterocycles. The van der Waals surface area contributed by atoms with Crippen molar-refractivity contribution in [2.45, 2.75) is 44.9 Å². The van der Waals surface area contributed by atoms with E-state index in [1.54, 1.807) is 14.2 Å². The fourth-order valence-electron chi connectivity index (χ4n) is 5.28. The molecular formula is C21H23NO3. The van der Waals surface area contributed by atoms with Crippen LogP contribution < -0.4 is 9.47 Å². The molecule has 1 fully saturated rings. The maximum atomic E-state index is 13.0. The van der Waals surface area contributed by atoms with Crippen LogP contribution >= 0.6 is 0 Å². The second-order valence-corrected chi connectivity index (χ2v) is 7.62. The van der Waals surface area contributed by atoms with Gasteiger partial charge in [-0.3, -0.25) is 4.79 Å². The molecule has 0 amide bonds. The third kappa shape index (κ3) is 2.15. The zero-order valence-electron chi connectivity index (χ0n) is 15.0. The molecule has 0 radical (unpaired) electrons. The van der Waals surface area contributed by atoms with Crippen LogP contribution in [0.2, 0.25) is 0 Å². The van der Waals surface area contributed by atoms with Crippen molar-refractivity contribution in [3.63, 3.8) is 0 Å². The van der Waals surface area contributed by atoms with Gasteiger partial charge in [0, 0.05) is 35.0 Å². The number of ether oxygens (including phenoxy) is 2. The highest BCUT2D eigenvalue weighted by atomic mass is 16.5. The lowest BCUT2D eigenvalue weighted by atomic mass is 9.61. The second-order valence-electron chi connectivity index (χ2n) is 7.62. The highest BCUT2D eigenvalue weighted by Crippen LogP contribution is 2.60. The van der Waals surface area contributed by atoms with Crippen LogP contribution in [-0.2, 0) is 11.2 Å². The highest BCUT2D eigenvalue weighted by molar-refractivity contribution is 6.02. The summed E-state index contributed by atoms with van der Waals surface area (Å²) in [5, 5.41) is 9.54. The fraction of sp³-hybridized carbons (Fsp3) is 0.524. The Balaban J connectivity index is 1.91. The largest absolute Gasteiger partial charge is 0.497 e. The Hall–Kier alpha value is -2.28. The van der Waals surface area contributed by atoms with Gasteiger partial charge in [0.2, 0.25) is 0 Å². The first-order chi connectivity index (χ1) is 12.0. The van der Waals surface area contributed by atoms with Crippen molar-refractivity contribution in [1.29, 1.82) is 5.26 Å². The van der Waals surface area contributed by atoms with Crippen molar-refractivity contribution in [3.8, 4) is 17.6 Å². The minimum Gasteiger partial charge on any atom is -0.497 e. The van der Waals surface area contributed by atoms with Crippen LogP contribution in [0.1, 0.15) is 49.7 Å². The molecule has 1 aromatic carbocycles. The third-order valence-corrected chi connectivity index (χ3v) is 6.58. The minimum atomic E-state index is -0.131. The topological polar surface area (TPSA) is 59.3 Å². The van der Waals surface area contributed by atoms with Gasteiger partial charge in [0.05, 0.1) is 26.2 Å². The third-order valence-electron chi connectivity index (χ3n) is 6.58. The van der Waals surface area contributed by atoms with Gasteiger partial charge >= 0.3 is 0 Å². The number of ketones is 1. The maximum absolute atomic E-state index is 13.0. The summed E-state index contributed by atoms with van der Waals surface area (Å²) in [5.74, 6) is 1.88. The van der Waals surface area contributed by atoms with Gasteiger partial charge in [0.1, 0.15) is 11.5 Å². The Labute approximate surface area is 148 Å². The minimum absolute atomic E-state index is 0.0305. The molecule has 0 aliphatic heterocycles. The van der Waals surface area contributed by atoms with Crippen LogP contribution in [0.15, 0.2) is 23.3 Å². The molecular weight excluding hydrogens is 314 g/mol. The molecule has 1 aromatic rings. The van der Waals surface area contributed by atoms with E-state index in [1.165, 1.54) is 5.57 Å². The van der Waals surface area contributed by atoms with Crippen LogP contribution in [-0.4, -0.2) is 20.0 Å². The number of nitriles is 1. The quantitative estimate of drug-likeness (QED) is 0.820. The summed E-state index contributed by atoms with van der Waals surface area (Å²) >= 11 is 0. The molecule has 3 aliphatic carbocycles. The van der Waals surface area contributed by atoms with Crippen molar-refractivity contribution in [2.75, 3.05) is 14.2 Å². The summed E-state index contributed by atoms with van der Waals surface area (Å²) in [5.41, 5.74) is 4.25. The number of hydrogen-bond donors (Lipinski definition) is 0. The van der Waals surface area contributed by atoms with E-state index in [9.17, 15) is 10.1 Å². The number of hydrogen-bond acceptors (Lipinski definition) is 4. The Kier molecular flexibility index (Phi) is 3.64. The maximum Gasteiger partial charge on any atom is 0.163 e. The van der Waals surface area contributed by atoms with Crippen LogP contribution in [0, 0.1) is 22.7 Å². The summed E-state index contributed by atoms with van der Waals surface area (Å²) in [6.07, 6.45) is 4.00. The number of carbonyl (C=O) groups excluding carboxylic acids is 1. The van der Waals surface area contributed by atoms with Gasteiger partial charge in [-0.2, -0.15) is 5.26 Å². The van der Waals surface area contributed by atoms with Gasteiger partial charge in [-0.25, -0.2) is 0 Å². The number of allylic oxidation sites excluding steroid dienone is 2. The lowest BCUT2D eigenvalue weighted by Gasteiger charge is -2.42. The van der Waals surface area contributed by atoms with Gasteiger partial charge in [0.15, 0.2) is 5.78 Å². The van der Waals surface area contributed by atoms with Crippen LogP contribution in [0.25, 0.3) is 0 Å². The molecule has 0 saturated heterocycles. The standard InChI is InChI=1S/C21H23NO3/c1-21-7-6-15-19-12(8-14(24-2)10-18(19)25-3)9-17(23)20(15)16(21)5-4-13(21)11-22/h8,10,13,15H,4-7,9H2,1-3H3/t13-,15+,21-/m1/s1. The smallest absolute Gasteiger partial charge is 0.163 e. The van der Waals surface area contributed by atoms with Gasteiger partial charge in [0.25, 0.3) is 0 Å². The molecule has 4 heteroatoms. The van der Waals surface area contributed by atoms with E-state index in [2.05, 4.69) is 13.0 Å². The molecule has 4 rings (SSSR count). The zero-order valence-corrected chi connectivity index (χ0v) is 15.0. The lowest BCUT2D eigenvalue weighted by Crippen LogP contribution is -2.34. The normalized spacial score (nSPS) is 30.2. The molecule has 4 nitrogen and oxygen atoms in total. The van der Waals surface area contributed by atoms with E-state index in [0.29, 0.717) is 6.42 Å². The summed E-state index contributed by atoms with van der Waals surface area (Å²) in [7, 11) is 3.30. The number of nitrogens with zero attached hydrogens (tertiary/aromatic N) is 1. The van der Waals surface area contributed by atoms with Gasteiger partial charge in [-0.1, -0.05) is 12.5 Å². The Bertz CT molecular complexity index is 832. The van der Waals surface area contributed by atoms with Crippen molar-refractivity contribution in [3.05, 3.63) is 34.4 Å². The zero-order chi connectivity index (χ0) is 17.8. The monoisotopic (exact) mass is 337 g/mol. The SMILES string of the molecule is COc1cc2c(c(OC)c1)[C@@H]1CC[C@@]3(C)C(=C1C(=O)C2)CC[C@@H]3C#N. The predicted molar refractivity (Wildman–Crippen MR) is 93.7 cm³/mol. The summed E-state index contributed by atoms with van der Waals surface area (Å²) in [6.45, 7) is 2.18. The Morgan fingerprint density at radius 3 is 2.72 bits per heavy atom. The molecule has 3 aliphatic rings. The van der Waals surface area contributed by atoms with E-state index in [0.717, 1.165) is 53.9 Å². The molecule has 0 spiro atoms. The number of carbonyl (C=O) groups is 1. The van der Waals surface area contributed by atoms with Gasteiger partial charge < -0.3 is 9.47 Å². The lowest BCUT2D eigenvalue weighted by molar-refractivity contribution is -0.115.